The van der Waals surface area contributed by atoms with Gasteiger partial charge in [-0.25, -0.2) is 4.98 Å². The summed E-state index contributed by atoms with van der Waals surface area (Å²) in [5.41, 5.74) is 3.55. The van der Waals surface area contributed by atoms with Gasteiger partial charge in [-0.15, -0.1) is 11.3 Å². The first-order valence-corrected chi connectivity index (χ1v) is 6.42. The fourth-order valence-corrected chi connectivity index (χ4v) is 2.30. The van der Waals surface area contributed by atoms with E-state index >= 15 is 0 Å². The molecule has 0 saturated heterocycles. The lowest BCUT2D eigenvalue weighted by Crippen LogP contribution is -1.96. The van der Waals surface area contributed by atoms with E-state index in [-0.39, 0.29) is 6.61 Å². The third-order valence-corrected chi connectivity index (χ3v) is 3.29. The van der Waals surface area contributed by atoms with E-state index < -0.39 is 0 Å². The van der Waals surface area contributed by atoms with Crippen LogP contribution in [0.15, 0.2) is 33.6 Å². The number of nitrogens with zero attached hydrogens (tertiary/aromatic N) is 1. The summed E-state index contributed by atoms with van der Waals surface area (Å²) in [5, 5.41) is 10.9. The molecule has 0 atom stereocenters. The number of aliphatic hydroxyl groups excluding tert-OH is 1. The fourth-order valence-electron chi connectivity index (χ4n) is 1.22. The number of halogens is 1. The first kappa shape index (κ1) is 11.6. The van der Waals surface area contributed by atoms with Gasteiger partial charge in [0, 0.05) is 5.38 Å². The van der Waals surface area contributed by atoms with E-state index in [9.17, 15) is 0 Å². The second kappa shape index (κ2) is 5.43. The van der Waals surface area contributed by atoms with E-state index in [0.29, 0.717) is 6.61 Å². The maximum absolute atomic E-state index is 8.96. The molecule has 0 bridgehead atoms. The average Bonchev–Trinajstić information content (AvgIpc) is 2.80. The molecule has 0 saturated carbocycles. The first-order chi connectivity index (χ1) is 7.79. The van der Waals surface area contributed by atoms with Crippen molar-refractivity contribution in [3.8, 4) is 5.75 Å². The van der Waals surface area contributed by atoms with Crippen molar-refractivity contribution < 1.29 is 9.84 Å². The molecule has 0 radical (unpaired) electrons. The molecular formula is C11H10BrNO2S. The summed E-state index contributed by atoms with van der Waals surface area (Å²) >= 11 is 4.95. The zero-order valence-corrected chi connectivity index (χ0v) is 10.8. The van der Waals surface area contributed by atoms with Crippen molar-refractivity contribution in [1.29, 1.82) is 0 Å². The van der Waals surface area contributed by atoms with Gasteiger partial charge in [-0.3, -0.25) is 0 Å². The SMILES string of the molecule is OCc1ccc(OCc2cscn2)c(Br)c1. The Morgan fingerprint density at radius 2 is 2.31 bits per heavy atom. The normalized spacial score (nSPS) is 10.4. The van der Waals surface area contributed by atoms with Gasteiger partial charge in [0.15, 0.2) is 0 Å². The topological polar surface area (TPSA) is 42.4 Å². The zero-order chi connectivity index (χ0) is 11.4. The minimum Gasteiger partial charge on any atom is -0.486 e. The quantitative estimate of drug-likeness (QED) is 0.944. The van der Waals surface area contributed by atoms with Crippen molar-refractivity contribution in [3.63, 3.8) is 0 Å². The second-order valence-electron chi connectivity index (χ2n) is 3.19. The smallest absolute Gasteiger partial charge is 0.134 e. The predicted octanol–water partition coefficient (Wildman–Crippen LogP) is 2.98. The molecular weight excluding hydrogens is 290 g/mol. The lowest BCUT2D eigenvalue weighted by molar-refractivity contribution is 0.280. The summed E-state index contributed by atoms with van der Waals surface area (Å²) in [7, 11) is 0. The van der Waals surface area contributed by atoms with Crippen molar-refractivity contribution in [2.24, 2.45) is 0 Å². The molecule has 1 heterocycles. The minimum atomic E-state index is 0.0327. The maximum atomic E-state index is 8.96. The highest BCUT2D eigenvalue weighted by atomic mass is 79.9. The molecule has 0 aliphatic carbocycles. The van der Waals surface area contributed by atoms with Gasteiger partial charge in [0.25, 0.3) is 0 Å². The molecule has 0 aliphatic heterocycles. The number of aliphatic hydroxyl groups is 1. The highest BCUT2D eigenvalue weighted by Crippen LogP contribution is 2.26. The maximum Gasteiger partial charge on any atom is 0.134 e. The Morgan fingerprint density at radius 3 is 2.94 bits per heavy atom. The van der Waals surface area contributed by atoms with Crippen LogP contribution in [0.4, 0.5) is 0 Å². The van der Waals surface area contributed by atoms with Crippen LogP contribution in [0.3, 0.4) is 0 Å². The third-order valence-electron chi connectivity index (χ3n) is 2.04. The number of hydrogen-bond donors (Lipinski definition) is 1. The molecule has 16 heavy (non-hydrogen) atoms. The van der Waals surface area contributed by atoms with Gasteiger partial charge >= 0.3 is 0 Å². The summed E-state index contributed by atoms with van der Waals surface area (Å²) in [6.45, 7) is 0.492. The summed E-state index contributed by atoms with van der Waals surface area (Å²) in [6, 6.07) is 5.51. The Hall–Kier alpha value is -0.910. The lowest BCUT2D eigenvalue weighted by atomic mass is 10.2. The largest absolute Gasteiger partial charge is 0.486 e. The van der Waals surface area contributed by atoms with Crippen LogP contribution < -0.4 is 4.74 Å². The number of aromatic nitrogens is 1. The molecule has 0 spiro atoms. The molecule has 0 unspecified atom stereocenters. The van der Waals surface area contributed by atoms with E-state index in [0.717, 1.165) is 21.5 Å². The highest BCUT2D eigenvalue weighted by molar-refractivity contribution is 9.10. The van der Waals surface area contributed by atoms with Gasteiger partial charge in [-0.1, -0.05) is 6.07 Å². The average molecular weight is 300 g/mol. The Kier molecular flexibility index (Phi) is 3.93. The van der Waals surface area contributed by atoms with Gasteiger partial charge in [-0.05, 0) is 33.6 Å². The van der Waals surface area contributed by atoms with E-state index in [2.05, 4.69) is 20.9 Å². The van der Waals surface area contributed by atoms with Crippen LogP contribution in [0.1, 0.15) is 11.3 Å². The fraction of sp³-hybridized carbons (Fsp3) is 0.182. The Morgan fingerprint density at radius 1 is 1.44 bits per heavy atom. The number of hydrogen-bond acceptors (Lipinski definition) is 4. The van der Waals surface area contributed by atoms with Crippen molar-refractivity contribution in [3.05, 3.63) is 44.8 Å². The summed E-state index contributed by atoms with van der Waals surface area (Å²) in [6.07, 6.45) is 0. The highest BCUT2D eigenvalue weighted by Gasteiger charge is 2.03. The van der Waals surface area contributed by atoms with Crippen LogP contribution in [0.2, 0.25) is 0 Å². The molecule has 2 rings (SSSR count). The predicted molar refractivity (Wildman–Crippen MR) is 66.5 cm³/mol. The molecule has 0 fully saturated rings. The minimum absolute atomic E-state index is 0.0327. The van der Waals surface area contributed by atoms with Crippen LogP contribution in [-0.4, -0.2) is 10.1 Å². The van der Waals surface area contributed by atoms with E-state index in [1.165, 1.54) is 0 Å². The number of thiazole rings is 1. The molecule has 2 aromatic rings. The molecule has 3 nitrogen and oxygen atoms in total. The summed E-state index contributed by atoms with van der Waals surface area (Å²) in [5.74, 6) is 0.755. The number of ether oxygens (including phenoxy) is 1. The van der Waals surface area contributed by atoms with Crippen LogP contribution in [0.5, 0.6) is 5.75 Å². The van der Waals surface area contributed by atoms with Crippen LogP contribution in [0, 0.1) is 0 Å². The number of benzene rings is 1. The molecule has 1 aromatic carbocycles. The standard InChI is InChI=1S/C11H10BrNO2S/c12-10-3-8(4-14)1-2-11(10)15-5-9-6-16-7-13-9/h1-3,6-7,14H,4-5H2. The Labute approximate surface area is 106 Å². The summed E-state index contributed by atoms with van der Waals surface area (Å²) in [4.78, 5) is 4.13. The van der Waals surface area contributed by atoms with Gasteiger partial charge < -0.3 is 9.84 Å². The van der Waals surface area contributed by atoms with E-state index in [4.69, 9.17) is 9.84 Å². The van der Waals surface area contributed by atoms with E-state index in [1.807, 2.05) is 23.6 Å². The van der Waals surface area contributed by atoms with Crippen LogP contribution in [0.25, 0.3) is 0 Å². The van der Waals surface area contributed by atoms with Gasteiger partial charge in [0.1, 0.15) is 12.4 Å². The van der Waals surface area contributed by atoms with Gasteiger partial charge in [0.05, 0.1) is 22.3 Å². The lowest BCUT2D eigenvalue weighted by Gasteiger charge is -2.07. The molecule has 5 heteroatoms. The molecule has 1 N–H and O–H groups in total. The number of rotatable bonds is 4. The van der Waals surface area contributed by atoms with Crippen molar-refractivity contribution in [2.75, 3.05) is 0 Å². The second-order valence-corrected chi connectivity index (χ2v) is 4.76. The van der Waals surface area contributed by atoms with Gasteiger partial charge in [-0.2, -0.15) is 0 Å². The zero-order valence-electron chi connectivity index (χ0n) is 8.39. The van der Waals surface area contributed by atoms with E-state index in [1.54, 1.807) is 16.8 Å². The third kappa shape index (κ3) is 2.81. The monoisotopic (exact) mass is 299 g/mol. The Balaban J connectivity index is 2.04. The van der Waals surface area contributed by atoms with Crippen LogP contribution >= 0.6 is 27.3 Å². The summed E-state index contributed by atoms with van der Waals surface area (Å²) < 4.78 is 6.44. The molecule has 0 aliphatic rings. The Bertz CT molecular complexity index is 459. The van der Waals surface area contributed by atoms with Crippen molar-refractivity contribution in [1.82, 2.24) is 4.98 Å². The molecule has 1 aromatic heterocycles. The van der Waals surface area contributed by atoms with Crippen molar-refractivity contribution in [2.45, 2.75) is 13.2 Å². The van der Waals surface area contributed by atoms with Crippen LogP contribution in [-0.2, 0) is 13.2 Å². The molecule has 0 amide bonds. The van der Waals surface area contributed by atoms with Crippen molar-refractivity contribution >= 4 is 27.3 Å². The first-order valence-electron chi connectivity index (χ1n) is 4.69. The van der Waals surface area contributed by atoms with Gasteiger partial charge in [0.2, 0.25) is 0 Å². The molecule has 84 valence electrons.